The lowest BCUT2D eigenvalue weighted by molar-refractivity contribution is -0.130. The summed E-state index contributed by atoms with van der Waals surface area (Å²) in [5.74, 6) is 0.825. The first-order valence-electron chi connectivity index (χ1n) is 11.7. The van der Waals surface area contributed by atoms with E-state index in [1.165, 1.54) is 5.56 Å². The van der Waals surface area contributed by atoms with E-state index in [9.17, 15) is 9.59 Å². The molecule has 5 rings (SSSR count). The molecule has 2 fully saturated rings. The maximum atomic E-state index is 13.3. The van der Waals surface area contributed by atoms with Crippen LogP contribution in [-0.4, -0.2) is 50.9 Å². The molecule has 0 bridgehead atoms. The summed E-state index contributed by atoms with van der Waals surface area (Å²) in [6.45, 7) is 4.02. The van der Waals surface area contributed by atoms with Gasteiger partial charge in [-0.15, -0.1) is 0 Å². The molecule has 0 unspecified atom stereocenters. The number of rotatable bonds is 6. The second-order valence-corrected chi connectivity index (χ2v) is 9.25. The van der Waals surface area contributed by atoms with Crippen molar-refractivity contribution in [3.8, 4) is 0 Å². The summed E-state index contributed by atoms with van der Waals surface area (Å²) in [5.41, 5.74) is 3.89. The van der Waals surface area contributed by atoms with Crippen molar-refractivity contribution in [2.75, 3.05) is 13.1 Å². The van der Waals surface area contributed by atoms with Crippen molar-refractivity contribution in [2.24, 2.45) is 5.92 Å². The molecule has 0 spiro atoms. The highest BCUT2D eigenvalue weighted by Crippen LogP contribution is 2.31. The summed E-state index contributed by atoms with van der Waals surface area (Å²) in [7, 11) is 0. The van der Waals surface area contributed by atoms with Gasteiger partial charge in [0.05, 0.1) is 5.52 Å². The molecule has 2 aliphatic rings. The van der Waals surface area contributed by atoms with Gasteiger partial charge in [-0.2, -0.15) is 5.10 Å². The van der Waals surface area contributed by atoms with Gasteiger partial charge in [0, 0.05) is 38.0 Å². The van der Waals surface area contributed by atoms with Crippen LogP contribution in [0.2, 0.25) is 0 Å². The fourth-order valence-corrected chi connectivity index (χ4v) is 4.78. The van der Waals surface area contributed by atoms with Crippen LogP contribution in [0, 0.1) is 5.92 Å². The van der Waals surface area contributed by atoms with E-state index in [1.807, 2.05) is 34.1 Å². The van der Waals surface area contributed by atoms with Crippen LogP contribution in [0.25, 0.3) is 10.9 Å². The molecule has 2 aromatic carbocycles. The van der Waals surface area contributed by atoms with Gasteiger partial charge in [-0.3, -0.25) is 14.7 Å². The predicted octanol–water partition coefficient (Wildman–Crippen LogP) is 4.17. The Hall–Kier alpha value is -3.15. The van der Waals surface area contributed by atoms with Gasteiger partial charge in [0.2, 0.25) is 5.91 Å². The number of nitrogens with zero attached hydrogens (tertiary/aromatic N) is 3. The average Bonchev–Trinajstić information content (AvgIpc) is 3.56. The highest BCUT2D eigenvalue weighted by atomic mass is 16.2. The van der Waals surface area contributed by atoms with E-state index < -0.39 is 0 Å². The maximum absolute atomic E-state index is 13.3. The molecule has 2 amide bonds. The molecule has 1 aromatic heterocycles. The first-order chi connectivity index (χ1) is 15.6. The Kier molecular flexibility index (Phi) is 5.68. The molecule has 1 saturated carbocycles. The summed E-state index contributed by atoms with van der Waals surface area (Å²) in [6.07, 6.45) is 5.32. The number of H-pyrrole nitrogens is 1. The summed E-state index contributed by atoms with van der Waals surface area (Å²) in [5, 5.41) is 8.19. The van der Waals surface area contributed by atoms with Crippen molar-refractivity contribution >= 4 is 22.7 Å². The highest BCUT2D eigenvalue weighted by molar-refractivity contribution is 6.04. The number of para-hydroxylation sites is 1. The Labute approximate surface area is 188 Å². The van der Waals surface area contributed by atoms with Crippen molar-refractivity contribution < 1.29 is 9.59 Å². The summed E-state index contributed by atoms with van der Waals surface area (Å²) in [6, 6.07) is 16.8. The number of aromatic nitrogens is 2. The first-order valence-corrected chi connectivity index (χ1v) is 11.7. The van der Waals surface area contributed by atoms with Gasteiger partial charge in [0.25, 0.3) is 5.91 Å². The smallest absolute Gasteiger partial charge is 0.275 e. The molecule has 1 aliphatic heterocycles. The number of hydrogen-bond acceptors (Lipinski definition) is 3. The van der Waals surface area contributed by atoms with E-state index in [0.29, 0.717) is 24.2 Å². The van der Waals surface area contributed by atoms with Crippen molar-refractivity contribution in [2.45, 2.75) is 51.6 Å². The standard InChI is InChI=1S/C26H30N4O2/c1-18(31)29-14-12-20(13-15-29)16-19-6-8-21(9-7-19)17-30(22-10-11-22)26(32)25-23-4-2-3-5-24(23)27-28-25/h2-9,20,22H,10-17H2,1H3,(H,27,28). The molecule has 1 aliphatic carbocycles. The zero-order valence-electron chi connectivity index (χ0n) is 18.6. The molecule has 166 valence electrons. The van der Waals surface area contributed by atoms with Crippen LogP contribution >= 0.6 is 0 Å². The largest absolute Gasteiger partial charge is 0.343 e. The number of piperidine rings is 1. The van der Waals surface area contributed by atoms with Crippen LogP contribution in [0.1, 0.15) is 54.2 Å². The Morgan fingerprint density at radius 2 is 1.69 bits per heavy atom. The number of hydrogen-bond donors (Lipinski definition) is 1. The molecule has 2 heterocycles. The molecule has 0 radical (unpaired) electrons. The van der Waals surface area contributed by atoms with Gasteiger partial charge in [0.15, 0.2) is 5.69 Å². The van der Waals surface area contributed by atoms with Crippen LogP contribution in [0.15, 0.2) is 48.5 Å². The Morgan fingerprint density at radius 3 is 2.38 bits per heavy atom. The third-order valence-electron chi connectivity index (χ3n) is 6.88. The lowest BCUT2D eigenvalue weighted by Crippen LogP contribution is -2.37. The predicted molar refractivity (Wildman–Crippen MR) is 124 cm³/mol. The Morgan fingerprint density at radius 1 is 1.00 bits per heavy atom. The van der Waals surface area contributed by atoms with Gasteiger partial charge in [-0.05, 0) is 55.2 Å². The van der Waals surface area contributed by atoms with E-state index in [2.05, 4.69) is 34.5 Å². The Bertz CT molecular complexity index is 1110. The number of carbonyl (C=O) groups excluding carboxylic acids is 2. The lowest BCUT2D eigenvalue weighted by atomic mass is 9.90. The zero-order valence-corrected chi connectivity index (χ0v) is 18.6. The molecule has 3 aromatic rings. The number of likely N-dealkylation sites (tertiary alicyclic amines) is 1. The Balaban J connectivity index is 1.24. The van der Waals surface area contributed by atoms with Crippen LogP contribution in [0.4, 0.5) is 0 Å². The van der Waals surface area contributed by atoms with E-state index in [0.717, 1.165) is 61.7 Å². The minimum atomic E-state index is 0.00579. The van der Waals surface area contributed by atoms with E-state index >= 15 is 0 Å². The van der Waals surface area contributed by atoms with Gasteiger partial charge in [-0.1, -0.05) is 42.5 Å². The molecule has 6 nitrogen and oxygen atoms in total. The van der Waals surface area contributed by atoms with Gasteiger partial charge in [-0.25, -0.2) is 0 Å². The quantitative estimate of drug-likeness (QED) is 0.638. The van der Waals surface area contributed by atoms with Crippen molar-refractivity contribution in [1.82, 2.24) is 20.0 Å². The molecular weight excluding hydrogens is 400 g/mol. The third kappa shape index (κ3) is 4.40. The van der Waals surface area contributed by atoms with E-state index in [1.54, 1.807) is 6.92 Å². The minimum Gasteiger partial charge on any atom is -0.343 e. The monoisotopic (exact) mass is 430 g/mol. The molecular formula is C26H30N4O2. The molecule has 32 heavy (non-hydrogen) atoms. The van der Waals surface area contributed by atoms with Crippen LogP contribution in [0.3, 0.4) is 0 Å². The van der Waals surface area contributed by atoms with Crippen molar-refractivity contribution in [3.63, 3.8) is 0 Å². The number of nitrogens with one attached hydrogen (secondary N) is 1. The van der Waals surface area contributed by atoms with E-state index in [4.69, 9.17) is 0 Å². The summed E-state index contributed by atoms with van der Waals surface area (Å²) >= 11 is 0. The molecule has 1 saturated heterocycles. The van der Waals surface area contributed by atoms with Crippen molar-refractivity contribution in [3.05, 3.63) is 65.4 Å². The summed E-state index contributed by atoms with van der Waals surface area (Å²) < 4.78 is 0. The van der Waals surface area contributed by atoms with Gasteiger partial charge >= 0.3 is 0 Å². The highest BCUT2D eigenvalue weighted by Gasteiger charge is 2.34. The fourth-order valence-electron chi connectivity index (χ4n) is 4.78. The van der Waals surface area contributed by atoms with Crippen LogP contribution in [-0.2, 0) is 17.8 Å². The molecule has 6 heteroatoms. The van der Waals surface area contributed by atoms with Gasteiger partial charge < -0.3 is 9.80 Å². The second-order valence-electron chi connectivity index (χ2n) is 9.25. The number of fused-ring (bicyclic) bond motifs is 1. The summed E-state index contributed by atoms with van der Waals surface area (Å²) in [4.78, 5) is 28.8. The zero-order chi connectivity index (χ0) is 22.1. The normalized spacial score (nSPS) is 17.0. The first kappa shape index (κ1) is 20.7. The second kappa shape index (κ2) is 8.77. The minimum absolute atomic E-state index is 0.00579. The maximum Gasteiger partial charge on any atom is 0.275 e. The molecule has 1 N–H and O–H groups in total. The number of amides is 2. The number of benzene rings is 2. The van der Waals surface area contributed by atoms with Crippen LogP contribution < -0.4 is 0 Å². The van der Waals surface area contributed by atoms with Crippen molar-refractivity contribution in [1.29, 1.82) is 0 Å². The molecule has 0 atom stereocenters. The number of aromatic amines is 1. The van der Waals surface area contributed by atoms with E-state index in [-0.39, 0.29) is 11.8 Å². The average molecular weight is 431 g/mol. The number of carbonyl (C=O) groups is 2. The topological polar surface area (TPSA) is 69.3 Å². The SMILES string of the molecule is CC(=O)N1CCC(Cc2ccc(CN(C(=O)c3n[nH]c4ccccc34)C3CC3)cc2)CC1. The lowest BCUT2D eigenvalue weighted by Gasteiger charge is -2.31. The third-order valence-corrected chi connectivity index (χ3v) is 6.88. The van der Waals surface area contributed by atoms with Crippen LogP contribution in [0.5, 0.6) is 0 Å². The van der Waals surface area contributed by atoms with Gasteiger partial charge in [0.1, 0.15) is 0 Å². The fraction of sp³-hybridized carbons (Fsp3) is 0.423.